The summed E-state index contributed by atoms with van der Waals surface area (Å²) in [5.74, 6) is 0.999. The molecule has 0 heterocycles. The van der Waals surface area contributed by atoms with Crippen molar-refractivity contribution in [2.24, 2.45) is 11.8 Å². The van der Waals surface area contributed by atoms with Gasteiger partial charge in [-0.25, -0.2) is 8.42 Å². The first kappa shape index (κ1) is 25.8. The molecule has 1 N–H and O–H groups in total. The van der Waals surface area contributed by atoms with Crippen molar-refractivity contribution in [3.8, 4) is 0 Å². The van der Waals surface area contributed by atoms with Gasteiger partial charge in [-0.15, -0.1) is 0 Å². The number of sulfonamides is 1. The minimum atomic E-state index is -3.74. The summed E-state index contributed by atoms with van der Waals surface area (Å²) in [4.78, 5) is 0.266. The van der Waals surface area contributed by atoms with Crippen LogP contribution in [0.1, 0.15) is 59.1 Å². The van der Waals surface area contributed by atoms with Crippen molar-refractivity contribution >= 4 is 38.4 Å². The van der Waals surface area contributed by atoms with Gasteiger partial charge in [-0.3, -0.25) is 4.72 Å². The number of rotatable bonds is 8. The molecule has 0 spiro atoms. The second-order valence-electron chi connectivity index (χ2n) is 11.4. The summed E-state index contributed by atoms with van der Waals surface area (Å²) in [7, 11) is -3.74. The molecule has 0 amide bonds. The first-order chi connectivity index (χ1) is 20.0. The van der Waals surface area contributed by atoms with Crippen LogP contribution in [0.25, 0.3) is 28.4 Å². The minimum absolute atomic E-state index is 0.266. The SMILES string of the molecule is Cc1ccc(S(=O)(=O)N/C=C2/C(c3ccccc3)=C(C3CC3)c3cccc(/C(=C/c4ccccc4)C4CC4)c32)cc1. The number of hydrogen-bond acceptors (Lipinski definition) is 2. The van der Waals surface area contributed by atoms with Crippen LogP contribution >= 0.6 is 0 Å². The fraction of sp³-hybridized carbons (Fsp3) is 0.189. The van der Waals surface area contributed by atoms with Crippen molar-refractivity contribution in [1.29, 1.82) is 0 Å². The quantitative estimate of drug-likeness (QED) is 0.221. The first-order valence-electron chi connectivity index (χ1n) is 14.5. The predicted octanol–water partition coefficient (Wildman–Crippen LogP) is 8.60. The van der Waals surface area contributed by atoms with Crippen LogP contribution in [-0.2, 0) is 10.0 Å². The van der Waals surface area contributed by atoms with Crippen LogP contribution in [0.15, 0.2) is 114 Å². The lowest BCUT2D eigenvalue weighted by molar-refractivity contribution is 0.590. The maximum Gasteiger partial charge on any atom is 0.261 e. The Morgan fingerprint density at radius 3 is 2.12 bits per heavy atom. The molecule has 4 aromatic carbocycles. The van der Waals surface area contributed by atoms with E-state index in [4.69, 9.17) is 0 Å². The van der Waals surface area contributed by atoms with Gasteiger partial charge in [-0.2, -0.15) is 0 Å². The Bertz CT molecular complexity index is 1810. The van der Waals surface area contributed by atoms with Crippen molar-refractivity contribution in [1.82, 2.24) is 4.72 Å². The Balaban J connectivity index is 1.43. The van der Waals surface area contributed by atoms with Crippen LogP contribution in [0.5, 0.6) is 0 Å². The van der Waals surface area contributed by atoms with E-state index >= 15 is 0 Å². The average Bonchev–Trinajstić information content (AvgIpc) is 3.93. The highest BCUT2D eigenvalue weighted by Crippen LogP contribution is 2.57. The lowest BCUT2D eigenvalue weighted by Gasteiger charge is -2.16. The normalized spacial score (nSPS) is 18.1. The molecule has 0 saturated heterocycles. The lowest BCUT2D eigenvalue weighted by Crippen LogP contribution is -2.18. The van der Waals surface area contributed by atoms with Crippen molar-refractivity contribution in [2.45, 2.75) is 37.5 Å². The molecular formula is C37H33NO2S. The van der Waals surface area contributed by atoms with Crippen LogP contribution in [0.2, 0.25) is 0 Å². The molecule has 0 aromatic heterocycles. The second-order valence-corrected chi connectivity index (χ2v) is 13.1. The number of fused-ring (bicyclic) bond motifs is 1. The van der Waals surface area contributed by atoms with Crippen molar-refractivity contribution < 1.29 is 8.42 Å². The highest BCUT2D eigenvalue weighted by atomic mass is 32.2. The van der Waals surface area contributed by atoms with E-state index in [-0.39, 0.29) is 4.90 Å². The van der Waals surface area contributed by atoms with Crippen LogP contribution in [0.3, 0.4) is 0 Å². The molecule has 4 aromatic rings. The Hall–Kier alpha value is -4.15. The van der Waals surface area contributed by atoms with Crippen LogP contribution in [0, 0.1) is 18.8 Å². The number of aryl methyl sites for hydroxylation is 1. The molecular weight excluding hydrogens is 522 g/mol. The van der Waals surface area contributed by atoms with E-state index in [0.717, 1.165) is 40.7 Å². The van der Waals surface area contributed by atoms with Crippen molar-refractivity contribution in [3.63, 3.8) is 0 Å². The van der Waals surface area contributed by atoms with Crippen LogP contribution in [-0.4, -0.2) is 8.42 Å². The van der Waals surface area contributed by atoms with Gasteiger partial charge in [-0.1, -0.05) is 103 Å². The van der Waals surface area contributed by atoms with E-state index in [9.17, 15) is 8.42 Å². The molecule has 204 valence electrons. The molecule has 2 fully saturated rings. The maximum atomic E-state index is 13.5. The zero-order valence-corrected chi connectivity index (χ0v) is 24.0. The van der Waals surface area contributed by atoms with E-state index in [0.29, 0.717) is 11.8 Å². The summed E-state index contributed by atoms with van der Waals surface area (Å²) in [6, 6.07) is 34.6. The first-order valence-corrected chi connectivity index (χ1v) is 16.0. The van der Waals surface area contributed by atoms with Crippen LogP contribution in [0.4, 0.5) is 0 Å². The van der Waals surface area contributed by atoms with Crippen molar-refractivity contribution in [3.05, 3.63) is 143 Å². The second kappa shape index (κ2) is 10.4. The Morgan fingerprint density at radius 1 is 0.780 bits per heavy atom. The Kier molecular flexibility index (Phi) is 6.51. The van der Waals surface area contributed by atoms with E-state index in [1.807, 2.05) is 31.2 Å². The van der Waals surface area contributed by atoms with Gasteiger partial charge < -0.3 is 0 Å². The third-order valence-electron chi connectivity index (χ3n) is 8.35. The summed E-state index contributed by atoms with van der Waals surface area (Å²) in [6.07, 6.45) is 8.76. The molecule has 0 unspecified atom stereocenters. The van der Waals surface area contributed by atoms with Gasteiger partial charge in [0.05, 0.1) is 4.90 Å². The minimum Gasteiger partial charge on any atom is -0.286 e. The molecule has 4 heteroatoms. The van der Waals surface area contributed by atoms with E-state index in [1.165, 1.54) is 40.7 Å². The third kappa shape index (κ3) is 5.09. The molecule has 41 heavy (non-hydrogen) atoms. The highest BCUT2D eigenvalue weighted by molar-refractivity contribution is 7.89. The molecule has 7 rings (SSSR count). The maximum absolute atomic E-state index is 13.5. The number of hydrogen-bond donors (Lipinski definition) is 1. The van der Waals surface area contributed by atoms with Gasteiger partial charge in [-0.05, 0) is 101 Å². The summed E-state index contributed by atoms with van der Waals surface area (Å²) >= 11 is 0. The molecule has 3 aliphatic rings. The fourth-order valence-electron chi connectivity index (χ4n) is 6.03. The zero-order chi connectivity index (χ0) is 28.0. The van der Waals surface area contributed by atoms with Gasteiger partial charge in [0.1, 0.15) is 0 Å². The van der Waals surface area contributed by atoms with E-state index in [2.05, 4.69) is 77.5 Å². The molecule has 2 saturated carbocycles. The average molecular weight is 556 g/mol. The molecule has 3 aliphatic carbocycles. The number of allylic oxidation sites excluding steroid dienone is 4. The molecule has 0 aliphatic heterocycles. The lowest BCUT2D eigenvalue weighted by atomic mass is 9.88. The summed E-state index contributed by atoms with van der Waals surface area (Å²) in [6.45, 7) is 1.96. The van der Waals surface area contributed by atoms with Gasteiger partial charge in [0.25, 0.3) is 10.0 Å². The fourth-order valence-corrected chi connectivity index (χ4v) is 6.93. The van der Waals surface area contributed by atoms with Gasteiger partial charge in [0.2, 0.25) is 0 Å². The molecule has 0 bridgehead atoms. The topological polar surface area (TPSA) is 46.2 Å². The van der Waals surface area contributed by atoms with Crippen LogP contribution < -0.4 is 4.72 Å². The zero-order valence-electron chi connectivity index (χ0n) is 23.2. The Labute approximate surface area is 243 Å². The molecule has 3 nitrogen and oxygen atoms in total. The van der Waals surface area contributed by atoms with Gasteiger partial charge in [0, 0.05) is 11.8 Å². The summed E-state index contributed by atoms with van der Waals surface area (Å²) < 4.78 is 29.8. The van der Waals surface area contributed by atoms with E-state index in [1.54, 1.807) is 18.3 Å². The van der Waals surface area contributed by atoms with E-state index < -0.39 is 10.0 Å². The standard InChI is InChI=1S/C37H33NO2S/c1-25-15-21-30(22-16-25)41(39,40)38-24-34-36(28-11-6-3-7-12-28)35(29-19-20-29)32-14-8-13-31(37(32)34)33(27-17-18-27)23-26-9-4-2-5-10-26/h2-16,21-24,27,29,38H,17-20H2,1H3/b33-23+,34-24-. The smallest absolute Gasteiger partial charge is 0.261 e. The van der Waals surface area contributed by atoms with Gasteiger partial charge in [0.15, 0.2) is 0 Å². The monoisotopic (exact) mass is 555 g/mol. The number of nitrogens with one attached hydrogen (secondary N) is 1. The molecule has 0 radical (unpaired) electrons. The third-order valence-corrected chi connectivity index (χ3v) is 9.67. The largest absolute Gasteiger partial charge is 0.286 e. The Morgan fingerprint density at radius 2 is 1.46 bits per heavy atom. The number of benzene rings is 4. The predicted molar refractivity (Wildman–Crippen MR) is 169 cm³/mol. The summed E-state index contributed by atoms with van der Waals surface area (Å²) in [5.41, 5.74) is 11.7. The summed E-state index contributed by atoms with van der Waals surface area (Å²) in [5, 5.41) is 0. The van der Waals surface area contributed by atoms with Gasteiger partial charge >= 0.3 is 0 Å². The highest BCUT2D eigenvalue weighted by Gasteiger charge is 2.39. The van der Waals surface area contributed by atoms with Crippen molar-refractivity contribution in [2.75, 3.05) is 0 Å². The molecule has 0 atom stereocenters.